The van der Waals surface area contributed by atoms with E-state index in [2.05, 4.69) is 53.7 Å². The summed E-state index contributed by atoms with van der Waals surface area (Å²) in [6, 6.07) is 16.1. The Kier molecular flexibility index (Phi) is 4.75. The summed E-state index contributed by atoms with van der Waals surface area (Å²) in [6.45, 7) is 5.51. The summed E-state index contributed by atoms with van der Waals surface area (Å²) >= 11 is 0. The van der Waals surface area contributed by atoms with E-state index in [1.165, 1.54) is 5.56 Å². The number of carbonyl (C=O) groups excluding carboxylic acids is 1. The number of aromatic amines is 1. The lowest BCUT2D eigenvalue weighted by molar-refractivity contribution is -0.110. The largest absolute Gasteiger partial charge is 0.384 e. The van der Waals surface area contributed by atoms with Gasteiger partial charge in [-0.3, -0.25) is 4.79 Å². The van der Waals surface area contributed by atoms with E-state index >= 15 is 0 Å². The molecule has 0 saturated heterocycles. The van der Waals surface area contributed by atoms with E-state index in [0.717, 1.165) is 46.0 Å². The number of hydrogen-bond acceptors (Lipinski definition) is 3. The van der Waals surface area contributed by atoms with Crippen LogP contribution in [0.3, 0.4) is 0 Å². The minimum absolute atomic E-state index is 0.0651. The number of rotatable bonds is 5. The van der Waals surface area contributed by atoms with Gasteiger partial charge in [-0.2, -0.15) is 0 Å². The minimum atomic E-state index is -0.0651. The third-order valence-corrected chi connectivity index (χ3v) is 5.12. The van der Waals surface area contributed by atoms with Crippen LogP contribution in [0, 0.1) is 13.8 Å². The van der Waals surface area contributed by atoms with Gasteiger partial charge in [-0.05, 0) is 49.2 Å². The number of fused-ring (bicyclic) bond motifs is 1. The number of carbonyl (C=O) groups is 1. The zero-order valence-corrected chi connectivity index (χ0v) is 16.1. The normalized spacial score (nSPS) is 14.2. The highest BCUT2D eigenvalue weighted by atomic mass is 16.2. The number of hydrogen-bond donors (Lipinski definition) is 4. The van der Waals surface area contributed by atoms with Gasteiger partial charge in [0.05, 0.1) is 5.57 Å². The van der Waals surface area contributed by atoms with Crippen LogP contribution in [0.25, 0.3) is 22.8 Å². The number of aromatic nitrogens is 1. The summed E-state index contributed by atoms with van der Waals surface area (Å²) in [5.41, 5.74) is 14.6. The Morgan fingerprint density at radius 3 is 2.57 bits per heavy atom. The number of nitrogens with two attached hydrogens (primary N) is 1. The molecule has 0 bridgehead atoms. The van der Waals surface area contributed by atoms with Gasteiger partial charge in [-0.25, -0.2) is 0 Å². The monoisotopic (exact) mass is 372 g/mol. The Morgan fingerprint density at radius 2 is 1.82 bits per heavy atom. The van der Waals surface area contributed by atoms with E-state index in [0.29, 0.717) is 12.1 Å². The molecule has 142 valence electrons. The van der Waals surface area contributed by atoms with E-state index < -0.39 is 0 Å². The topological polar surface area (TPSA) is 82.9 Å². The van der Waals surface area contributed by atoms with Crippen molar-refractivity contribution < 1.29 is 4.79 Å². The fourth-order valence-corrected chi connectivity index (χ4v) is 3.75. The fraction of sp³-hybridized carbons (Fsp3) is 0.174. The SMILES string of the molecule is Cc1[nH]c(/C=C2\C(=O)Nc3ccccc32)c(C)c1-c1ccc(NCCN)cc1. The van der Waals surface area contributed by atoms with Gasteiger partial charge in [0.2, 0.25) is 0 Å². The molecule has 1 aliphatic heterocycles. The Morgan fingerprint density at radius 1 is 1.07 bits per heavy atom. The molecule has 28 heavy (non-hydrogen) atoms. The molecule has 5 heteroatoms. The molecule has 2 aromatic carbocycles. The quantitative estimate of drug-likeness (QED) is 0.508. The molecule has 1 aliphatic rings. The highest BCUT2D eigenvalue weighted by Crippen LogP contribution is 2.36. The van der Waals surface area contributed by atoms with E-state index in [-0.39, 0.29) is 5.91 Å². The van der Waals surface area contributed by atoms with Crippen LogP contribution in [0.2, 0.25) is 0 Å². The van der Waals surface area contributed by atoms with E-state index in [4.69, 9.17) is 5.73 Å². The van der Waals surface area contributed by atoms with Gasteiger partial charge in [0.1, 0.15) is 0 Å². The first-order chi connectivity index (χ1) is 13.6. The maximum absolute atomic E-state index is 12.4. The molecule has 0 aliphatic carbocycles. The number of aryl methyl sites for hydroxylation is 1. The van der Waals surface area contributed by atoms with Gasteiger partial charge in [-0.15, -0.1) is 0 Å². The Hall–Kier alpha value is -3.31. The molecule has 0 fully saturated rings. The zero-order valence-electron chi connectivity index (χ0n) is 16.1. The van der Waals surface area contributed by atoms with Crippen LogP contribution in [0.1, 0.15) is 22.5 Å². The van der Waals surface area contributed by atoms with Crippen molar-refractivity contribution in [3.63, 3.8) is 0 Å². The molecule has 0 spiro atoms. The van der Waals surface area contributed by atoms with Gasteiger partial charge >= 0.3 is 0 Å². The van der Waals surface area contributed by atoms with Crippen LogP contribution < -0.4 is 16.4 Å². The van der Waals surface area contributed by atoms with E-state index in [9.17, 15) is 4.79 Å². The minimum Gasteiger partial charge on any atom is -0.384 e. The van der Waals surface area contributed by atoms with Crippen molar-refractivity contribution in [2.24, 2.45) is 5.73 Å². The Bertz CT molecular complexity index is 1060. The van der Waals surface area contributed by atoms with Crippen LogP contribution in [0.5, 0.6) is 0 Å². The van der Waals surface area contributed by atoms with Crippen LogP contribution in [-0.4, -0.2) is 24.0 Å². The summed E-state index contributed by atoms with van der Waals surface area (Å²) in [4.78, 5) is 15.9. The first-order valence-corrected chi connectivity index (χ1v) is 9.44. The van der Waals surface area contributed by atoms with Crippen molar-refractivity contribution >= 4 is 28.9 Å². The maximum atomic E-state index is 12.4. The molecule has 2 heterocycles. The molecule has 1 aromatic heterocycles. The first-order valence-electron chi connectivity index (χ1n) is 9.44. The third kappa shape index (κ3) is 3.21. The highest BCUT2D eigenvalue weighted by Gasteiger charge is 2.24. The van der Waals surface area contributed by atoms with E-state index in [1.54, 1.807) is 0 Å². The predicted octanol–water partition coefficient (Wildman–Crippen LogP) is 4.16. The van der Waals surface area contributed by atoms with Crippen LogP contribution >= 0.6 is 0 Å². The lowest BCUT2D eigenvalue weighted by atomic mass is 9.99. The molecular weight excluding hydrogens is 348 g/mol. The number of H-pyrrole nitrogens is 1. The second kappa shape index (κ2) is 7.37. The molecule has 3 aromatic rings. The molecule has 0 radical (unpaired) electrons. The lowest BCUT2D eigenvalue weighted by Crippen LogP contribution is -2.12. The van der Waals surface area contributed by atoms with Gasteiger partial charge in [0.25, 0.3) is 5.91 Å². The second-order valence-electron chi connectivity index (χ2n) is 7.01. The lowest BCUT2D eigenvalue weighted by Gasteiger charge is -2.07. The van der Waals surface area contributed by atoms with Crippen molar-refractivity contribution in [2.75, 3.05) is 23.7 Å². The Balaban J connectivity index is 1.70. The molecule has 5 nitrogen and oxygen atoms in total. The summed E-state index contributed by atoms with van der Waals surface area (Å²) in [5, 5.41) is 6.21. The average Bonchev–Trinajstić information content (AvgIpc) is 3.16. The fourth-order valence-electron chi connectivity index (χ4n) is 3.75. The van der Waals surface area contributed by atoms with Gasteiger partial charge in [-0.1, -0.05) is 30.3 Å². The summed E-state index contributed by atoms with van der Waals surface area (Å²) in [5.74, 6) is -0.0651. The molecule has 0 unspecified atom stereocenters. The smallest absolute Gasteiger partial charge is 0.256 e. The highest BCUT2D eigenvalue weighted by molar-refractivity contribution is 6.34. The van der Waals surface area contributed by atoms with Crippen molar-refractivity contribution in [3.05, 3.63) is 71.0 Å². The predicted molar refractivity (Wildman–Crippen MR) is 116 cm³/mol. The van der Waals surface area contributed by atoms with Gasteiger partial charge < -0.3 is 21.4 Å². The van der Waals surface area contributed by atoms with Crippen LogP contribution in [-0.2, 0) is 4.79 Å². The molecule has 0 atom stereocenters. The summed E-state index contributed by atoms with van der Waals surface area (Å²) in [7, 11) is 0. The number of amides is 1. The molecule has 5 N–H and O–H groups in total. The summed E-state index contributed by atoms with van der Waals surface area (Å²) in [6.07, 6.45) is 1.95. The van der Waals surface area contributed by atoms with Gasteiger partial charge in [0.15, 0.2) is 0 Å². The van der Waals surface area contributed by atoms with Gasteiger partial charge in [0, 0.05) is 47.0 Å². The molecular formula is C23H24N4O. The van der Waals surface area contributed by atoms with Crippen molar-refractivity contribution in [1.29, 1.82) is 0 Å². The van der Waals surface area contributed by atoms with Crippen molar-refractivity contribution in [1.82, 2.24) is 4.98 Å². The number of para-hydroxylation sites is 1. The van der Waals surface area contributed by atoms with Crippen molar-refractivity contribution in [3.8, 4) is 11.1 Å². The van der Waals surface area contributed by atoms with Crippen molar-refractivity contribution in [2.45, 2.75) is 13.8 Å². The van der Waals surface area contributed by atoms with E-state index in [1.807, 2.05) is 30.3 Å². The van der Waals surface area contributed by atoms with Crippen LogP contribution in [0.4, 0.5) is 11.4 Å². The second-order valence-corrected chi connectivity index (χ2v) is 7.01. The molecule has 1 amide bonds. The standard InChI is InChI=1S/C23H24N4O/c1-14-21(13-19-18-5-3-4-6-20(18)27-23(19)28)26-15(2)22(14)16-7-9-17(10-8-16)25-12-11-24/h3-10,13,25-26H,11-12,24H2,1-2H3,(H,27,28)/b19-13-. The summed E-state index contributed by atoms with van der Waals surface area (Å²) < 4.78 is 0. The number of benzene rings is 2. The molecule has 4 rings (SSSR count). The Labute approximate surface area is 164 Å². The third-order valence-electron chi connectivity index (χ3n) is 5.12. The number of nitrogens with one attached hydrogen (secondary N) is 3. The van der Waals surface area contributed by atoms with Crippen LogP contribution in [0.15, 0.2) is 48.5 Å². The number of anilines is 2. The average molecular weight is 372 g/mol. The first kappa shape index (κ1) is 18.1. The molecule has 0 saturated carbocycles. The maximum Gasteiger partial charge on any atom is 0.256 e. The zero-order chi connectivity index (χ0) is 19.7.